The van der Waals surface area contributed by atoms with E-state index in [1.807, 2.05) is 0 Å². The van der Waals surface area contributed by atoms with Gasteiger partial charge in [0.05, 0.1) is 12.1 Å². The van der Waals surface area contributed by atoms with Gasteiger partial charge in [-0.2, -0.15) is 0 Å². The molecule has 0 aromatic rings. The van der Waals surface area contributed by atoms with Gasteiger partial charge in [-0.25, -0.2) is 19.6 Å². The Kier molecular flexibility index (Phi) is 2.27. The molecule has 0 amide bonds. The van der Waals surface area contributed by atoms with Crippen LogP contribution in [0.5, 0.6) is 0 Å². The van der Waals surface area contributed by atoms with E-state index < -0.39 is 0 Å². The van der Waals surface area contributed by atoms with Gasteiger partial charge in [-0.05, 0) is 49.4 Å². The van der Waals surface area contributed by atoms with Crippen LogP contribution in [0.15, 0.2) is 9.98 Å². The van der Waals surface area contributed by atoms with E-state index >= 15 is 0 Å². The van der Waals surface area contributed by atoms with Crippen molar-refractivity contribution in [2.24, 2.45) is 33.7 Å². The zero-order valence-electron chi connectivity index (χ0n) is 9.00. The zero-order valence-corrected chi connectivity index (χ0v) is 9.00. The third-order valence-corrected chi connectivity index (χ3v) is 4.88. The van der Waals surface area contributed by atoms with Crippen molar-refractivity contribution in [2.75, 3.05) is 0 Å². The van der Waals surface area contributed by atoms with Crippen LogP contribution in [0.3, 0.4) is 0 Å². The van der Waals surface area contributed by atoms with E-state index in [0.29, 0.717) is 23.7 Å². The molecule has 16 heavy (non-hydrogen) atoms. The van der Waals surface area contributed by atoms with Crippen molar-refractivity contribution in [1.82, 2.24) is 0 Å². The second kappa shape index (κ2) is 3.65. The Morgan fingerprint density at radius 3 is 2.38 bits per heavy atom. The van der Waals surface area contributed by atoms with E-state index in [1.165, 1.54) is 0 Å². The Hall–Kier alpha value is -1.24. The molecular formula is C12H14N2O2. The van der Waals surface area contributed by atoms with Crippen LogP contribution < -0.4 is 0 Å². The maximum Gasteiger partial charge on any atom is 0.235 e. The highest BCUT2D eigenvalue weighted by Gasteiger charge is 2.57. The number of nitrogens with zero attached hydrogens (tertiary/aromatic N) is 2. The molecular weight excluding hydrogens is 204 g/mol. The van der Waals surface area contributed by atoms with E-state index in [9.17, 15) is 9.59 Å². The third kappa shape index (κ3) is 1.24. The normalized spacial score (nSPS) is 48.2. The van der Waals surface area contributed by atoms with E-state index in [2.05, 4.69) is 9.98 Å². The molecule has 0 saturated heterocycles. The van der Waals surface area contributed by atoms with E-state index in [0.717, 1.165) is 25.7 Å². The number of hydrogen-bond donors (Lipinski definition) is 0. The Labute approximate surface area is 93.8 Å². The average Bonchev–Trinajstić information content (AvgIpc) is 2.90. The largest absolute Gasteiger partial charge is 0.235 e. The predicted molar refractivity (Wildman–Crippen MR) is 56.2 cm³/mol. The van der Waals surface area contributed by atoms with Gasteiger partial charge in [0.1, 0.15) is 0 Å². The summed E-state index contributed by atoms with van der Waals surface area (Å²) >= 11 is 0. The van der Waals surface area contributed by atoms with Crippen LogP contribution in [-0.2, 0) is 9.59 Å². The summed E-state index contributed by atoms with van der Waals surface area (Å²) < 4.78 is 0. The van der Waals surface area contributed by atoms with E-state index in [4.69, 9.17) is 0 Å². The molecule has 3 saturated carbocycles. The molecule has 0 aliphatic heterocycles. The van der Waals surface area contributed by atoms with Crippen LogP contribution >= 0.6 is 0 Å². The first-order valence-corrected chi connectivity index (χ1v) is 5.99. The summed E-state index contributed by atoms with van der Waals surface area (Å²) in [5.41, 5.74) is 0. The van der Waals surface area contributed by atoms with Gasteiger partial charge in [0.2, 0.25) is 12.2 Å². The van der Waals surface area contributed by atoms with Gasteiger partial charge in [0, 0.05) is 0 Å². The molecule has 4 nitrogen and oxygen atoms in total. The lowest BCUT2D eigenvalue weighted by Gasteiger charge is -2.29. The molecule has 3 rings (SSSR count). The number of hydrogen-bond acceptors (Lipinski definition) is 4. The Morgan fingerprint density at radius 1 is 0.875 bits per heavy atom. The first-order valence-electron chi connectivity index (χ1n) is 5.99. The summed E-state index contributed by atoms with van der Waals surface area (Å²) in [6.07, 6.45) is 7.70. The summed E-state index contributed by atoms with van der Waals surface area (Å²) in [6, 6.07) is 0.390. The van der Waals surface area contributed by atoms with Crippen LogP contribution in [0.2, 0.25) is 0 Å². The van der Waals surface area contributed by atoms with Crippen molar-refractivity contribution >= 4 is 12.2 Å². The first-order chi connectivity index (χ1) is 7.85. The Morgan fingerprint density at radius 2 is 1.62 bits per heavy atom. The first kappa shape index (κ1) is 9.95. The van der Waals surface area contributed by atoms with Crippen LogP contribution in [0.4, 0.5) is 0 Å². The van der Waals surface area contributed by atoms with Gasteiger partial charge in [-0.1, -0.05) is 0 Å². The molecule has 0 heterocycles. The average molecular weight is 218 g/mol. The number of rotatable bonds is 2. The molecule has 4 heteroatoms. The molecule has 0 N–H and O–H groups in total. The summed E-state index contributed by atoms with van der Waals surface area (Å²) in [5.74, 6) is 2.34. The molecule has 6 unspecified atom stereocenters. The van der Waals surface area contributed by atoms with E-state index in [1.54, 1.807) is 12.2 Å². The third-order valence-electron chi connectivity index (χ3n) is 4.88. The van der Waals surface area contributed by atoms with Crippen molar-refractivity contribution in [2.45, 2.75) is 37.8 Å². The molecule has 0 aromatic heterocycles. The number of carbonyl (C=O) groups excluding carboxylic acids is 2. The van der Waals surface area contributed by atoms with Crippen LogP contribution in [0.25, 0.3) is 0 Å². The van der Waals surface area contributed by atoms with Crippen molar-refractivity contribution in [3.63, 3.8) is 0 Å². The smallest absolute Gasteiger partial charge is 0.211 e. The SMILES string of the molecule is O=C=NC1CC2CC1C1CCC(N=C=O)C21. The molecule has 0 spiro atoms. The summed E-state index contributed by atoms with van der Waals surface area (Å²) in [6.45, 7) is 0. The van der Waals surface area contributed by atoms with Crippen LogP contribution in [0.1, 0.15) is 25.7 Å². The molecule has 6 atom stereocenters. The van der Waals surface area contributed by atoms with Crippen LogP contribution in [-0.4, -0.2) is 24.2 Å². The maximum atomic E-state index is 10.4. The maximum absolute atomic E-state index is 10.4. The number of aliphatic imine (C=N–C) groups is 2. The lowest BCUT2D eigenvalue weighted by atomic mass is 9.78. The highest BCUT2D eigenvalue weighted by atomic mass is 16.1. The lowest BCUT2D eigenvalue weighted by Crippen LogP contribution is -2.30. The second-order valence-corrected chi connectivity index (χ2v) is 5.29. The fourth-order valence-electron chi connectivity index (χ4n) is 4.49. The summed E-state index contributed by atoms with van der Waals surface area (Å²) in [4.78, 5) is 28.6. The Bertz CT molecular complexity index is 396. The van der Waals surface area contributed by atoms with Gasteiger partial charge in [-0.15, -0.1) is 0 Å². The molecule has 3 aliphatic rings. The molecule has 0 aromatic carbocycles. The summed E-state index contributed by atoms with van der Waals surface area (Å²) in [7, 11) is 0. The number of fused-ring (bicyclic) bond motifs is 5. The number of isocyanates is 2. The molecule has 0 radical (unpaired) electrons. The van der Waals surface area contributed by atoms with Crippen molar-refractivity contribution in [3.8, 4) is 0 Å². The fraction of sp³-hybridized carbons (Fsp3) is 0.833. The minimum atomic E-state index is 0.193. The van der Waals surface area contributed by atoms with Crippen molar-refractivity contribution in [3.05, 3.63) is 0 Å². The van der Waals surface area contributed by atoms with Crippen molar-refractivity contribution in [1.29, 1.82) is 0 Å². The summed E-state index contributed by atoms with van der Waals surface area (Å²) in [5, 5.41) is 0. The zero-order chi connectivity index (χ0) is 11.1. The van der Waals surface area contributed by atoms with Crippen LogP contribution in [0, 0.1) is 23.7 Å². The van der Waals surface area contributed by atoms with Gasteiger partial charge in [-0.3, -0.25) is 0 Å². The van der Waals surface area contributed by atoms with Gasteiger partial charge >= 0.3 is 0 Å². The van der Waals surface area contributed by atoms with E-state index in [-0.39, 0.29) is 12.1 Å². The quantitative estimate of drug-likeness (QED) is 0.520. The molecule has 84 valence electrons. The highest BCUT2D eigenvalue weighted by Crippen LogP contribution is 2.60. The highest BCUT2D eigenvalue weighted by molar-refractivity contribution is 5.35. The van der Waals surface area contributed by atoms with Crippen molar-refractivity contribution < 1.29 is 9.59 Å². The fourth-order valence-corrected chi connectivity index (χ4v) is 4.49. The van der Waals surface area contributed by atoms with Gasteiger partial charge in [0.15, 0.2) is 0 Å². The Balaban J connectivity index is 1.83. The molecule has 2 bridgehead atoms. The van der Waals surface area contributed by atoms with Gasteiger partial charge < -0.3 is 0 Å². The monoisotopic (exact) mass is 218 g/mol. The lowest BCUT2D eigenvalue weighted by molar-refractivity contribution is 0.222. The minimum Gasteiger partial charge on any atom is -0.211 e. The topological polar surface area (TPSA) is 58.9 Å². The minimum absolute atomic E-state index is 0.193. The standard InChI is InChI=1S/C12H14N2O2/c15-5-13-10-2-1-8-9-3-7(12(8)10)4-11(9)14-6-16/h7-12H,1-4H2. The molecule has 3 aliphatic carbocycles. The van der Waals surface area contributed by atoms with Gasteiger partial charge in [0.25, 0.3) is 0 Å². The predicted octanol–water partition coefficient (Wildman–Crippen LogP) is 1.46. The molecule has 3 fully saturated rings. The second-order valence-electron chi connectivity index (χ2n) is 5.29.